The van der Waals surface area contributed by atoms with Gasteiger partial charge in [0.1, 0.15) is 17.9 Å². The third-order valence-electron chi connectivity index (χ3n) is 5.88. The van der Waals surface area contributed by atoms with Gasteiger partial charge in [-0.3, -0.25) is 4.98 Å². The van der Waals surface area contributed by atoms with E-state index < -0.39 is 5.54 Å². The summed E-state index contributed by atoms with van der Waals surface area (Å²) < 4.78 is 17.1. The summed E-state index contributed by atoms with van der Waals surface area (Å²) in [6.07, 6.45) is 4.28. The van der Waals surface area contributed by atoms with Crippen molar-refractivity contribution < 1.29 is 14.0 Å². The van der Waals surface area contributed by atoms with Crippen LogP contribution in [0.15, 0.2) is 53.3 Å². The van der Waals surface area contributed by atoms with E-state index in [1.54, 1.807) is 12.4 Å². The quantitative estimate of drug-likeness (QED) is 0.602. The van der Waals surface area contributed by atoms with E-state index >= 15 is 0 Å². The van der Waals surface area contributed by atoms with Crippen LogP contribution in [0.4, 0.5) is 0 Å². The molecule has 1 saturated carbocycles. The first-order valence-corrected chi connectivity index (χ1v) is 9.81. The lowest BCUT2D eigenvalue weighted by Crippen LogP contribution is -2.67. The third-order valence-corrected chi connectivity index (χ3v) is 5.88. The van der Waals surface area contributed by atoms with E-state index in [-0.39, 0.29) is 23.9 Å². The van der Waals surface area contributed by atoms with Crippen LogP contribution < -0.4 is 10.5 Å². The number of hydrogen-bond donors (Lipinski definition) is 1. The van der Waals surface area contributed by atoms with Crippen molar-refractivity contribution in [3.8, 4) is 17.1 Å². The van der Waals surface area contributed by atoms with Gasteiger partial charge in [-0.2, -0.15) is 4.98 Å². The highest BCUT2D eigenvalue weighted by Gasteiger charge is 2.62. The van der Waals surface area contributed by atoms with Gasteiger partial charge in [-0.15, -0.1) is 12.4 Å². The highest BCUT2D eigenvalue weighted by atomic mass is 35.5. The van der Waals surface area contributed by atoms with E-state index in [0.29, 0.717) is 31.3 Å². The molecule has 2 unspecified atom stereocenters. The molecule has 1 aliphatic rings. The van der Waals surface area contributed by atoms with E-state index in [1.165, 1.54) is 0 Å². The maximum Gasteiger partial charge on any atom is 0.247 e. The highest BCUT2D eigenvalue weighted by Crippen LogP contribution is 2.55. The van der Waals surface area contributed by atoms with Crippen molar-refractivity contribution >= 4 is 12.4 Å². The second kappa shape index (κ2) is 8.71. The van der Waals surface area contributed by atoms with Crippen molar-refractivity contribution in [1.82, 2.24) is 15.1 Å². The number of halogens is 1. The predicted molar refractivity (Wildman–Crippen MR) is 115 cm³/mol. The van der Waals surface area contributed by atoms with Gasteiger partial charge in [0, 0.05) is 42.0 Å². The summed E-state index contributed by atoms with van der Waals surface area (Å²) in [7, 11) is 0. The molecule has 0 amide bonds. The number of nitrogens with two attached hydrogens (primary N) is 1. The molecule has 1 aliphatic carbocycles. The second-order valence-electron chi connectivity index (χ2n) is 7.94. The molecule has 30 heavy (non-hydrogen) atoms. The average Bonchev–Trinajstić information content (AvgIpc) is 3.24. The Balaban J connectivity index is 0.00000256. The number of hydrogen-bond acceptors (Lipinski definition) is 7. The molecule has 0 aliphatic heterocycles. The van der Waals surface area contributed by atoms with Crippen LogP contribution in [0.1, 0.15) is 38.6 Å². The molecular formula is C22H27ClN4O3. The van der Waals surface area contributed by atoms with Gasteiger partial charge in [0.2, 0.25) is 11.7 Å². The summed E-state index contributed by atoms with van der Waals surface area (Å²) in [5, 5.41) is 4.14. The molecule has 0 saturated heterocycles. The Labute approximate surface area is 182 Å². The molecule has 2 N–H and O–H groups in total. The lowest BCUT2D eigenvalue weighted by molar-refractivity contribution is -0.162. The third kappa shape index (κ3) is 3.93. The molecule has 4 rings (SSSR count). The van der Waals surface area contributed by atoms with Crippen LogP contribution in [-0.2, 0) is 16.9 Å². The summed E-state index contributed by atoms with van der Waals surface area (Å²) >= 11 is 0. The minimum absolute atomic E-state index is 0. The summed E-state index contributed by atoms with van der Waals surface area (Å²) in [4.78, 5) is 8.66. The SMILES string of the molecule is CCOC1CC(N)(c2nc(-c3ccc(OCc4cccnc4)cc3)no2)C1(C)C.Cl. The molecule has 2 aromatic heterocycles. The molecule has 0 radical (unpaired) electrons. The van der Waals surface area contributed by atoms with Crippen molar-refractivity contribution in [3.63, 3.8) is 0 Å². The number of aromatic nitrogens is 3. The maximum absolute atomic E-state index is 6.63. The molecule has 160 valence electrons. The molecule has 1 aromatic carbocycles. The number of ether oxygens (including phenoxy) is 2. The molecule has 1 fully saturated rings. The molecule has 3 aromatic rings. The zero-order valence-corrected chi connectivity index (χ0v) is 18.2. The minimum atomic E-state index is -0.690. The van der Waals surface area contributed by atoms with Crippen molar-refractivity contribution in [2.75, 3.05) is 6.61 Å². The molecule has 0 spiro atoms. The smallest absolute Gasteiger partial charge is 0.247 e. The topological polar surface area (TPSA) is 96.3 Å². The van der Waals surface area contributed by atoms with Crippen LogP contribution in [0.5, 0.6) is 5.75 Å². The molecule has 8 heteroatoms. The Hall–Kier alpha value is -2.48. The van der Waals surface area contributed by atoms with Crippen LogP contribution in [0.2, 0.25) is 0 Å². The van der Waals surface area contributed by atoms with Gasteiger partial charge in [0.25, 0.3) is 0 Å². The van der Waals surface area contributed by atoms with Gasteiger partial charge in [0.15, 0.2) is 0 Å². The predicted octanol–water partition coefficient (Wildman–Crippen LogP) is 4.12. The van der Waals surface area contributed by atoms with Gasteiger partial charge in [-0.1, -0.05) is 25.1 Å². The number of rotatable bonds is 7. The fraction of sp³-hybridized carbons (Fsp3) is 0.409. The normalized spacial score (nSPS) is 22.1. The molecule has 0 bridgehead atoms. The Morgan fingerprint density at radius 1 is 1.20 bits per heavy atom. The van der Waals surface area contributed by atoms with E-state index in [0.717, 1.165) is 16.9 Å². The first kappa shape index (κ1) is 22.2. The van der Waals surface area contributed by atoms with Gasteiger partial charge in [0.05, 0.1) is 6.10 Å². The largest absolute Gasteiger partial charge is 0.489 e. The fourth-order valence-corrected chi connectivity index (χ4v) is 3.67. The summed E-state index contributed by atoms with van der Waals surface area (Å²) in [6.45, 7) is 7.27. The van der Waals surface area contributed by atoms with Crippen molar-refractivity contribution in [2.24, 2.45) is 11.1 Å². The monoisotopic (exact) mass is 430 g/mol. The Bertz CT molecular complexity index is 962. The maximum atomic E-state index is 6.63. The van der Waals surface area contributed by atoms with Gasteiger partial charge in [-0.05, 0) is 37.3 Å². The molecule has 7 nitrogen and oxygen atoms in total. The summed E-state index contributed by atoms with van der Waals surface area (Å²) in [5.74, 6) is 1.72. The van der Waals surface area contributed by atoms with Crippen LogP contribution >= 0.6 is 12.4 Å². The van der Waals surface area contributed by atoms with Crippen molar-refractivity contribution in [3.05, 3.63) is 60.2 Å². The standard InChI is InChI=1S/C22H26N4O3.ClH/c1-4-27-18-12-22(23,21(18,2)3)20-25-19(26-29-20)16-7-9-17(10-8-16)28-14-15-6-5-11-24-13-15;/h5-11,13,18H,4,12,14,23H2,1-3H3;1H. The fourth-order valence-electron chi connectivity index (χ4n) is 3.67. The highest BCUT2D eigenvalue weighted by molar-refractivity contribution is 5.85. The Morgan fingerprint density at radius 2 is 1.97 bits per heavy atom. The Morgan fingerprint density at radius 3 is 2.60 bits per heavy atom. The van der Waals surface area contributed by atoms with Crippen LogP contribution in [0.3, 0.4) is 0 Å². The Kier molecular flexibility index (Phi) is 6.45. The first-order valence-electron chi connectivity index (χ1n) is 9.81. The van der Waals surface area contributed by atoms with Crippen molar-refractivity contribution in [1.29, 1.82) is 0 Å². The summed E-state index contributed by atoms with van der Waals surface area (Å²) in [5.41, 5.74) is 7.52. The van der Waals surface area contributed by atoms with E-state index in [9.17, 15) is 0 Å². The minimum Gasteiger partial charge on any atom is -0.489 e. The van der Waals surface area contributed by atoms with Crippen LogP contribution in [0, 0.1) is 5.41 Å². The molecule has 2 heterocycles. The number of pyridine rings is 1. The van der Waals surface area contributed by atoms with Gasteiger partial charge >= 0.3 is 0 Å². The van der Waals surface area contributed by atoms with E-state index in [1.807, 2.05) is 43.3 Å². The van der Waals surface area contributed by atoms with Crippen LogP contribution in [-0.4, -0.2) is 27.8 Å². The first-order chi connectivity index (χ1) is 13.9. The molecule has 2 atom stereocenters. The van der Waals surface area contributed by atoms with Gasteiger partial charge < -0.3 is 19.7 Å². The van der Waals surface area contributed by atoms with Crippen LogP contribution in [0.25, 0.3) is 11.4 Å². The zero-order valence-electron chi connectivity index (χ0n) is 17.4. The van der Waals surface area contributed by atoms with E-state index in [4.69, 9.17) is 19.7 Å². The van der Waals surface area contributed by atoms with Crippen molar-refractivity contribution in [2.45, 2.75) is 45.4 Å². The number of nitrogens with zero attached hydrogens (tertiary/aromatic N) is 3. The lowest BCUT2D eigenvalue weighted by atomic mass is 9.54. The lowest BCUT2D eigenvalue weighted by Gasteiger charge is -2.56. The summed E-state index contributed by atoms with van der Waals surface area (Å²) in [6, 6.07) is 11.5. The van der Waals surface area contributed by atoms with Gasteiger partial charge in [-0.25, -0.2) is 0 Å². The molecular weight excluding hydrogens is 404 g/mol. The zero-order chi connectivity index (χ0) is 20.5. The second-order valence-corrected chi connectivity index (χ2v) is 7.94. The number of benzene rings is 1. The van der Waals surface area contributed by atoms with E-state index in [2.05, 4.69) is 29.0 Å². The average molecular weight is 431 g/mol.